The molecule has 0 fully saturated rings. The number of rotatable bonds is 4. The molecule has 0 aliphatic rings. The molecule has 2 aromatic heterocycles. The van der Waals surface area contributed by atoms with E-state index in [1.807, 2.05) is 13.1 Å². The minimum Gasteiger partial charge on any atom is -0.443 e. The summed E-state index contributed by atoms with van der Waals surface area (Å²) in [5, 5.41) is 4.18. The fourth-order valence-electron chi connectivity index (χ4n) is 2.28. The SMILES string of the molecule is C[C@@H](Cc1ccsc1)N(C)C(=O)c1ccc2ncoc2c1. The first-order valence-electron chi connectivity index (χ1n) is 6.76. The number of oxazole rings is 1. The van der Waals surface area contributed by atoms with E-state index >= 15 is 0 Å². The van der Waals surface area contributed by atoms with Crippen molar-refractivity contribution in [3.8, 4) is 0 Å². The molecule has 3 rings (SSSR count). The molecule has 1 amide bonds. The zero-order valence-corrected chi connectivity index (χ0v) is 12.8. The van der Waals surface area contributed by atoms with Gasteiger partial charge >= 0.3 is 0 Å². The molecule has 0 N–H and O–H groups in total. The van der Waals surface area contributed by atoms with Crippen LogP contribution in [0.25, 0.3) is 11.1 Å². The summed E-state index contributed by atoms with van der Waals surface area (Å²) in [5.41, 5.74) is 3.29. The summed E-state index contributed by atoms with van der Waals surface area (Å²) in [6.45, 7) is 2.06. The molecule has 0 spiro atoms. The van der Waals surface area contributed by atoms with Crippen LogP contribution in [0.5, 0.6) is 0 Å². The molecule has 0 aliphatic heterocycles. The highest BCUT2D eigenvalue weighted by atomic mass is 32.1. The number of likely N-dealkylation sites (N-methyl/N-ethyl adjacent to an activating group) is 1. The highest BCUT2D eigenvalue weighted by molar-refractivity contribution is 7.07. The topological polar surface area (TPSA) is 46.3 Å². The van der Waals surface area contributed by atoms with E-state index in [9.17, 15) is 4.79 Å². The molecule has 5 heteroatoms. The second-order valence-electron chi connectivity index (χ2n) is 5.14. The zero-order chi connectivity index (χ0) is 14.8. The molecular weight excluding hydrogens is 284 g/mol. The van der Waals surface area contributed by atoms with Crippen LogP contribution in [0.3, 0.4) is 0 Å². The third-order valence-electron chi connectivity index (χ3n) is 3.67. The van der Waals surface area contributed by atoms with Gasteiger partial charge in [0, 0.05) is 18.7 Å². The van der Waals surface area contributed by atoms with Gasteiger partial charge < -0.3 is 9.32 Å². The average molecular weight is 300 g/mol. The Hall–Kier alpha value is -2.14. The summed E-state index contributed by atoms with van der Waals surface area (Å²) in [5.74, 6) is -0.00368. The minimum atomic E-state index is -0.00368. The van der Waals surface area contributed by atoms with E-state index in [0.717, 1.165) is 11.9 Å². The number of nitrogens with zero attached hydrogens (tertiary/aromatic N) is 2. The number of aromatic nitrogens is 1. The Bertz CT molecular complexity index is 749. The fraction of sp³-hybridized carbons (Fsp3) is 0.250. The van der Waals surface area contributed by atoms with Gasteiger partial charge in [0.05, 0.1) is 0 Å². The smallest absolute Gasteiger partial charge is 0.253 e. The Kier molecular flexibility index (Phi) is 3.75. The largest absolute Gasteiger partial charge is 0.443 e. The number of hydrogen-bond donors (Lipinski definition) is 0. The van der Waals surface area contributed by atoms with Crippen molar-refractivity contribution in [1.29, 1.82) is 0 Å². The lowest BCUT2D eigenvalue weighted by atomic mass is 10.1. The van der Waals surface area contributed by atoms with E-state index in [1.165, 1.54) is 12.0 Å². The lowest BCUT2D eigenvalue weighted by Gasteiger charge is -2.24. The summed E-state index contributed by atoms with van der Waals surface area (Å²) >= 11 is 1.68. The molecule has 108 valence electrons. The van der Waals surface area contributed by atoms with Crippen LogP contribution in [0.4, 0.5) is 0 Å². The summed E-state index contributed by atoms with van der Waals surface area (Å²) in [4.78, 5) is 18.4. The van der Waals surface area contributed by atoms with Crippen molar-refractivity contribution in [3.63, 3.8) is 0 Å². The molecular formula is C16H16N2O2S. The van der Waals surface area contributed by atoms with Crippen molar-refractivity contribution in [2.45, 2.75) is 19.4 Å². The number of amides is 1. The Labute approximate surface area is 127 Å². The molecule has 1 atom stereocenters. The van der Waals surface area contributed by atoms with E-state index in [1.54, 1.807) is 28.4 Å². The second kappa shape index (κ2) is 5.69. The number of carbonyl (C=O) groups excluding carboxylic acids is 1. The first-order valence-corrected chi connectivity index (χ1v) is 7.71. The van der Waals surface area contributed by atoms with Gasteiger partial charge in [-0.25, -0.2) is 4.98 Å². The van der Waals surface area contributed by atoms with Gasteiger partial charge in [-0.05, 0) is 53.9 Å². The summed E-state index contributed by atoms with van der Waals surface area (Å²) in [6.07, 6.45) is 2.25. The van der Waals surface area contributed by atoms with Gasteiger partial charge in [0.2, 0.25) is 0 Å². The number of hydrogen-bond acceptors (Lipinski definition) is 4. The molecule has 3 aromatic rings. The van der Waals surface area contributed by atoms with Crippen molar-refractivity contribution in [2.24, 2.45) is 0 Å². The average Bonchev–Trinajstić information content (AvgIpc) is 3.15. The van der Waals surface area contributed by atoms with E-state index in [0.29, 0.717) is 11.1 Å². The predicted molar refractivity (Wildman–Crippen MR) is 83.6 cm³/mol. The maximum atomic E-state index is 12.5. The van der Waals surface area contributed by atoms with Crippen molar-refractivity contribution in [2.75, 3.05) is 7.05 Å². The maximum Gasteiger partial charge on any atom is 0.253 e. The first-order chi connectivity index (χ1) is 10.1. The van der Waals surface area contributed by atoms with Gasteiger partial charge in [0.1, 0.15) is 5.52 Å². The lowest BCUT2D eigenvalue weighted by Crippen LogP contribution is -2.36. The van der Waals surface area contributed by atoms with Gasteiger partial charge in [0.15, 0.2) is 12.0 Å². The molecule has 1 aromatic carbocycles. The third-order valence-corrected chi connectivity index (χ3v) is 4.40. The van der Waals surface area contributed by atoms with Crippen LogP contribution in [0.1, 0.15) is 22.8 Å². The highest BCUT2D eigenvalue weighted by Gasteiger charge is 2.18. The van der Waals surface area contributed by atoms with Gasteiger partial charge in [-0.1, -0.05) is 0 Å². The summed E-state index contributed by atoms with van der Waals surface area (Å²) in [6, 6.07) is 7.58. The van der Waals surface area contributed by atoms with Gasteiger partial charge in [-0.15, -0.1) is 0 Å². The Balaban J connectivity index is 1.76. The minimum absolute atomic E-state index is 0.00368. The predicted octanol–water partition coefficient (Wildman–Crippen LogP) is 3.59. The molecule has 0 bridgehead atoms. The van der Waals surface area contributed by atoms with Crippen molar-refractivity contribution in [1.82, 2.24) is 9.88 Å². The van der Waals surface area contributed by atoms with Crippen molar-refractivity contribution in [3.05, 3.63) is 52.5 Å². The number of benzene rings is 1. The number of thiophene rings is 1. The highest BCUT2D eigenvalue weighted by Crippen LogP contribution is 2.17. The second-order valence-corrected chi connectivity index (χ2v) is 5.92. The Morgan fingerprint density at radius 2 is 2.29 bits per heavy atom. The molecule has 0 radical (unpaired) electrons. The molecule has 2 heterocycles. The lowest BCUT2D eigenvalue weighted by molar-refractivity contribution is 0.0743. The third kappa shape index (κ3) is 2.83. The molecule has 0 saturated carbocycles. The van der Waals surface area contributed by atoms with E-state index in [4.69, 9.17) is 4.42 Å². The molecule has 21 heavy (non-hydrogen) atoms. The van der Waals surface area contributed by atoms with E-state index in [2.05, 4.69) is 28.7 Å². The molecule has 0 aliphatic carbocycles. The van der Waals surface area contributed by atoms with Gasteiger partial charge in [-0.2, -0.15) is 11.3 Å². The fourth-order valence-corrected chi connectivity index (χ4v) is 2.96. The normalized spacial score (nSPS) is 12.5. The van der Waals surface area contributed by atoms with Crippen LogP contribution in [0, 0.1) is 0 Å². The van der Waals surface area contributed by atoms with Crippen LogP contribution in [0.15, 0.2) is 45.8 Å². The quantitative estimate of drug-likeness (QED) is 0.739. The van der Waals surface area contributed by atoms with E-state index in [-0.39, 0.29) is 11.9 Å². The van der Waals surface area contributed by atoms with Crippen molar-refractivity contribution < 1.29 is 9.21 Å². The number of carbonyl (C=O) groups is 1. The van der Waals surface area contributed by atoms with Crippen LogP contribution < -0.4 is 0 Å². The zero-order valence-electron chi connectivity index (χ0n) is 11.9. The monoisotopic (exact) mass is 300 g/mol. The van der Waals surface area contributed by atoms with Crippen LogP contribution in [-0.4, -0.2) is 28.9 Å². The summed E-state index contributed by atoms with van der Waals surface area (Å²) < 4.78 is 5.25. The van der Waals surface area contributed by atoms with Gasteiger partial charge in [0.25, 0.3) is 5.91 Å². The maximum absolute atomic E-state index is 12.5. The Morgan fingerprint density at radius 1 is 1.43 bits per heavy atom. The summed E-state index contributed by atoms with van der Waals surface area (Å²) in [7, 11) is 1.84. The van der Waals surface area contributed by atoms with Gasteiger partial charge in [-0.3, -0.25) is 4.79 Å². The van der Waals surface area contributed by atoms with Crippen molar-refractivity contribution >= 4 is 28.3 Å². The van der Waals surface area contributed by atoms with Crippen LogP contribution in [0.2, 0.25) is 0 Å². The molecule has 0 saturated heterocycles. The Morgan fingerprint density at radius 3 is 3.05 bits per heavy atom. The molecule has 0 unspecified atom stereocenters. The van der Waals surface area contributed by atoms with E-state index < -0.39 is 0 Å². The first kappa shape index (κ1) is 13.8. The van der Waals surface area contributed by atoms with Crippen LogP contribution in [-0.2, 0) is 6.42 Å². The standard InChI is InChI=1S/C16H16N2O2S/c1-11(7-12-5-6-21-9-12)18(2)16(19)13-3-4-14-15(8-13)20-10-17-14/h3-6,8-11H,7H2,1-2H3/t11-/m0/s1. The van der Waals surface area contributed by atoms with Crippen LogP contribution >= 0.6 is 11.3 Å². The number of fused-ring (bicyclic) bond motifs is 1. The molecule has 4 nitrogen and oxygen atoms in total.